The SMILES string of the molecule is Cc1ccsc1CN(C)Cc1nc(N)c2ccccc2n1. The summed E-state index contributed by atoms with van der Waals surface area (Å²) in [5.41, 5.74) is 8.27. The smallest absolute Gasteiger partial charge is 0.145 e. The van der Waals surface area contributed by atoms with Gasteiger partial charge in [-0.05, 0) is 43.1 Å². The fraction of sp³-hybridized carbons (Fsp3) is 0.250. The zero-order valence-electron chi connectivity index (χ0n) is 12.2. The van der Waals surface area contributed by atoms with Gasteiger partial charge in [0, 0.05) is 16.8 Å². The van der Waals surface area contributed by atoms with E-state index in [0.717, 1.165) is 23.3 Å². The summed E-state index contributed by atoms with van der Waals surface area (Å²) in [6.07, 6.45) is 0. The van der Waals surface area contributed by atoms with Crippen LogP contribution in [0.3, 0.4) is 0 Å². The average Bonchev–Trinajstić information content (AvgIpc) is 2.84. The van der Waals surface area contributed by atoms with Crippen LogP contribution in [0.15, 0.2) is 35.7 Å². The van der Waals surface area contributed by atoms with Crippen molar-refractivity contribution in [3.8, 4) is 0 Å². The van der Waals surface area contributed by atoms with Crippen LogP contribution in [0.1, 0.15) is 16.3 Å². The predicted molar refractivity (Wildman–Crippen MR) is 88.2 cm³/mol. The molecule has 0 saturated heterocycles. The number of para-hydroxylation sites is 1. The molecule has 3 aromatic rings. The van der Waals surface area contributed by atoms with E-state index in [4.69, 9.17) is 5.73 Å². The van der Waals surface area contributed by atoms with Gasteiger partial charge in [-0.15, -0.1) is 11.3 Å². The van der Waals surface area contributed by atoms with E-state index in [1.165, 1.54) is 10.4 Å². The highest BCUT2D eigenvalue weighted by atomic mass is 32.1. The molecular weight excluding hydrogens is 280 g/mol. The van der Waals surface area contributed by atoms with Gasteiger partial charge >= 0.3 is 0 Å². The Balaban J connectivity index is 1.80. The van der Waals surface area contributed by atoms with Crippen molar-refractivity contribution < 1.29 is 0 Å². The number of aryl methyl sites for hydroxylation is 1. The Bertz CT molecular complexity index is 766. The van der Waals surface area contributed by atoms with E-state index in [1.807, 2.05) is 24.3 Å². The van der Waals surface area contributed by atoms with Crippen molar-refractivity contribution in [2.24, 2.45) is 0 Å². The van der Waals surface area contributed by atoms with Crippen molar-refractivity contribution in [2.75, 3.05) is 12.8 Å². The first kappa shape index (κ1) is 14.0. The van der Waals surface area contributed by atoms with Crippen LogP contribution < -0.4 is 5.73 Å². The van der Waals surface area contributed by atoms with Gasteiger partial charge in [-0.1, -0.05) is 12.1 Å². The van der Waals surface area contributed by atoms with Gasteiger partial charge in [-0.25, -0.2) is 9.97 Å². The van der Waals surface area contributed by atoms with Gasteiger partial charge in [0.05, 0.1) is 12.1 Å². The number of fused-ring (bicyclic) bond motifs is 1. The van der Waals surface area contributed by atoms with Gasteiger partial charge in [0.1, 0.15) is 11.6 Å². The van der Waals surface area contributed by atoms with Crippen LogP contribution in [0, 0.1) is 6.92 Å². The van der Waals surface area contributed by atoms with Crippen LogP contribution in [0.25, 0.3) is 10.9 Å². The first-order valence-corrected chi connectivity index (χ1v) is 7.74. The summed E-state index contributed by atoms with van der Waals surface area (Å²) in [5.74, 6) is 1.32. The molecule has 2 heterocycles. The second-order valence-electron chi connectivity index (χ2n) is 5.24. The van der Waals surface area contributed by atoms with E-state index in [0.29, 0.717) is 12.4 Å². The number of hydrogen-bond acceptors (Lipinski definition) is 5. The normalized spacial score (nSPS) is 11.4. The maximum Gasteiger partial charge on any atom is 0.145 e. The van der Waals surface area contributed by atoms with Crippen LogP contribution >= 0.6 is 11.3 Å². The lowest BCUT2D eigenvalue weighted by molar-refractivity contribution is 0.313. The molecule has 108 valence electrons. The third-order valence-electron chi connectivity index (χ3n) is 3.47. The Hall–Kier alpha value is -1.98. The largest absolute Gasteiger partial charge is 0.383 e. The van der Waals surface area contributed by atoms with Crippen molar-refractivity contribution in [2.45, 2.75) is 20.0 Å². The van der Waals surface area contributed by atoms with Gasteiger partial charge in [0.2, 0.25) is 0 Å². The van der Waals surface area contributed by atoms with E-state index in [2.05, 4.69) is 40.3 Å². The molecule has 3 rings (SSSR count). The summed E-state index contributed by atoms with van der Waals surface area (Å²) < 4.78 is 0. The molecule has 1 aromatic carbocycles. The zero-order valence-corrected chi connectivity index (χ0v) is 13.0. The van der Waals surface area contributed by atoms with E-state index >= 15 is 0 Å². The number of anilines is 1. The number of rotatable bonds is 4. The summed E-state index contributed by atoms with van der Waals surface area (Å²) in [5, 5.41) is 3.04. The lowest BCUT2D eigenvalue weighted by atomic mass is 10.2. The van der Waals surface area contributed by atoms with Crippen molar-refractivity contribution >= 4 is 28.1 Å². The highest BCUT2D eigenvalue weighted by Crippen LogP contribution is 2.20. The van der Waals surface area contributed by atoms with Gasteiger partial charge in [0.15, 0.2) is 0 Å². The molecule has 0 atom stereocenters. The van der Waals surface area contributed by atoms with Crippen LogP contribution in [-0.2, 0) is 13.1 Å². The fourth-order valence-electron chi connectivity index (χ4n) is 2.33. The quantitative estimate of drug-likeness (QED) is 0.803. The third-order valence-corrected chi connectivity index (χ3v) is 4.48. The second-order valence-corrected chi connectivity index (χ2v) is 6.24. The van der Waals surface area contributed by atoms with Crippen LogP contribution in [-0.4, -0.2) is 21.9 Å². The molecule has 0 spiro atoms. The van der Waals surface area contributed by atoms with Crippen LogP contribution in [0.5, 0.6) is 0 Å². The summed E-state index contributed by atoms with van der Waals surface area (Å²) >= 11 is 1.79. The second kappa shape index (κ2) is 5.79. The maximum absolute atomic E-state index is 6.03. The molecule has 2 N–H and O–H groups in total. The van der Waals surface area contributed by atoms with Crippen molar-refractivity contribution in [3.63, 3.8) is 0 Å². The van der Waals surface area contributed by atoms with Gasteiger partial charge in [0.25, 0.3) is 0 Å². The van der Waals surface area contributed by atoms with Crippen LogP contribution in [0.4, 0.5) is 5.82 Å². The Morgan fingerprint density at radius 1 is 1.14 bits per heavy atom. The first-order valence-electron chi connectivity index (χ1n) is 6.86. The highest BCUT2D eigenvalue weighted by Gasteiger charge is 2.09. The molecule has 0 unspecified atom stereocenters. The van der Waals surface area contributed by atoms with E-state index in [1.54, 1.807) is 11.3 Å². The molecule has 0 aliphatic heterocycles. The minimum absolute atomic E-state index is 0.552. The molecule has 0 amide bonds. The number of aromatic nitrogens is 2. The van der Waals surface area contributed by atoms with Crippen molar-refractivity contribution in [1.82, 2.24) is 14.9 Å². The topological polar surface area (TPSA) is 55.0 Å². The van der Waals surface area contributed by atoms with Crippen molar-refractivity contribution in [1.29, 1.82) is 0 Å². The summed E-state index contributed by atoms with van der Waals surface area (Å²) in [7, 11) is 2.08. The molecule has 21 heavy (non-hydrogen) atoms. The molecule has 0 saturated carbocycles. The Kier molecular flexibility index (Phi) is 3.86. The standard InChI is InChI=1S/C16H18N4S/c1-11-7-8-21-14(11)9-20(2)10-15-18-13-6-4-3-5-12(13)16(17)19-15/h3-8H,9-10H2,1-2H3,(H2,17,18,19). The molecule has 5 heteroatoms. The Morgan fingerprint density at radius 2 is 1.95 bits per heavy atom. The molecule has 0 radical (unpaired) electrons. The average molecular weight is 298 g/mol. The van der Waals surface area contributed by atoms with Gasteiger partial charge in [-0.2, -0.15) is 0 Å². The summed E-state index contributed by atoms with van der Waals surface area (Å²) in [6, 6.07) is 10.00. The first-order chi connectivity index (χ1) is 10.1. The highest BCUT2D eigenvalue weighted by molar-refractivity contribution is 7.10. The number of nitrogen functional groups attached to an aromatic ring is 1. The minimum atomic E-state index is 0.552. The zero-order chi connectivity index (χ0) is 14.8. The molecule has 2 aromatic heterocycles. The Labute approximate surface area is 128 Å². The fourth-order valence-corrected chi connectivity index (χ4v) is 3.32. The third kappa shape index (κ3) is 3.04. The molecular formula is C16H18N4S. The van der Waals surface area contributed by atoms with E-state index < -0.39 is 0 Å². The van der Waals surface area contributed by atoms with E-state index in [-0.39, 0.29) is 0 Å². The number of hydrogen-bond donors (Lipinski definition) is 1. The number of nitrogens with two attached hydrogens (primary N) is 1. The molecule has 0 fully saturated rings. The monoisotopic (exact) mass is 298 g/mol. The molecule has 0 aliphatic rings. The van der Waals surface area contributed by atoms with Crippen molar-refractivity contribution in [3.05, 3.63) is 52.0 Å². The molecule has 4 nitrogen and oxygen atoms in total. The Morgan fingerprint density at radius 3 is 2.71 bits per heavy atom. The number of thiophene rings is 1. The number of benzene rings is 1. The van der Waals surface area contributed by atoms with Gasteiger partial charge < -0.3 is 5.73 Å². The minimum Gasteiger partial charge on any atom is -0.383 e. The molecule has 0 bridgehead atoms. The lowest BCUT2D eigenvalue weighted by Gasteiger charge is -2.16. The van der Waals surface area contributed by atoms with Gasteiger partial charge in [-0.3, -0.25) is 4.90 Å². The van der Waals surface area contributed by atoms with E-state index in [9.17, 15) is 0 Å². The lowest BCUT2D eigenvalue weighted by Crippen LogP contribution is -2.19. The summed E-state index contributed by atoms with van der Waals surface area (Å²) in [4.78, 5) is 12.6. The van der Waals surface area contributed by atoms with Crippen LogP contribution in [0.2, 0.25) is 0 Å². The summed E-state index contributed by atoms with van der Waals surface area (Å²) in [6.45, 7) is 3.73. The predicted octanol–water partition coefficient (Wildman–Crippen LogP) is 3.21. The number of nitrogens with zero attached hydrogens (tertiary/aromatic N) is 3. The maximum atomic E-state index is 6.03. The molecule has 0 aliphatic carbocycles.